The Labute approximate surface area is 241 Å². The van der Waals surface area contributed by atoms with Gasteiger partial charge in [-0.2, -0.15) is 0 Å². The number of sulfonamides is 1. The van der Waals surface area contributed by atoms with Crippen LogP contribution in [0.25, 0.3) is 22.0 Å². The third-order valence-electron chi connectivity index (χ3n) is 8.23. The molecule has 2 aromatic heterocycles. The molecular weight excluding hydrogens is 546 g/mol. The summed E-state index contributed by atoms with van der Waals surface area (Å²) in [5, 5.41) is 4.50. The van der Waals surface area contributed by atoms with Crippen LogP contribution in [0.15, 0.2) is 36.7 Å². The van der Waals surface area contributed by atoms with E-state index in [4.69, 9.17) is 4.98 Å². The minimum absolute atomic E-state index is 0.0882. The molecule has 0 aliphatic heterocycles. The molecule has 5 rings (SSSR count). The van der Waals surface area contributed by atoms with E-state index in [9.17, 15) is 17.2 Å². The van der Waals surface area contributed by atoms with Crippen molar-refractivity contribution in [3.8, 4) is 11.1 Å². The van der Waals surface area contributed by atoms with Gasteiger partial charge in [-0.25, -0.2) is 32.2 Å². The molecule has 8 nitrogen and oxygen atoms in total. The van der Waals surface area contributed by atoms with Gasteiger partial charge in [-0.15, -0.1) is 0 Å². The van der Waals surface area contributed by atoms with Crippen LogP contribution < -0.4 is 10.0 Å². The molecule has 2 heterocycles. The maximum Gasteiger partial charge on any atom is 0.246 e. The highest BCUT2D eigenvalue weighted by molar-refractivity contribution is 7.92. The largest absolute Gasteiger partial charge is 0.351 e. The van der Waals surface area contributed by atoms with Gasteiger partial charge in [0.25, 0.3) is 0 Å². The number of anilines is 2. The van der Waals surface area contributed by atoms with E-state index in [0.29, 0.717) is 25.0 Å². The second kappa shape index (κ2) is 11.8. The Bertz CT molecular complexity index is 1460. The molecule has 222 valence electrons. The van der Waals surface area contributed by atoms with Crippen LogP contribution in [-0.4, -0.2) is 65.1 Å². The second-order valence-electron chi connectivity index (χ2n) is 12.1. The van der Waals surface area contributed by atoms with Gasteiger partial charge >= 0.3 is 0 Å². The maximum atomic E-state index is 13.1. The zero-order valence-electron chi connectivity index (χ0n) is 24.2. The third kappa shape index (κ3) is 7.68. The van der Waals surface area contributed by atoms with E-state index in [2.05, 4.69) is 51.9 Å². The lowest BCUT2D eigenvalue weighted by molar-refractivity contribution is 0.0189. The summed E-state index contributed by atoms with van der Waals surface area (Å²) in [5.41, 5.74) is 3.71. The number of alkyl halides is 2. The highest BCUT2D eigenvalue weighted by Crippen LogP contribution is 2.34. The predicted molar refractivity (Wildman–Crippen MR) is 160 cm³/mol. The highest BCUT2D eigenvalue weighted by Gasteiger charge is 2.33. The van der Waals surface area contributed by atoms with E-state index in [1.165, 1.54) is 31.7 Å². The number of halogens is 2. The Balaban J connectivity index is 1.29. The number of nitrogens with zero attached hydrogens (tertiary/aromatic N) is 4. The van der Waals surface area contributed by atoms with Crippen LogP contribution in [0, 0.1) is 0 Å². The van der Waals surface area contributed by atoms with Crippen LogP contribution in [0.1, 0.15) is 77.2 Å². The first-order valence-corrected chi connectivity index (χ1v) is 16.2. The van der Waals surface area contributed by atoms with Crippen molar-refractivity contribution in [2.75, 3.05) is 22.8 Å². The topological polar surface area (TPSA) is 100 Å². The molecule has 0 spiro atoms. The van der Waals surface area contributed by atoms with Crippen molar-refractivity contribution in [2.45, 2.75) is 95.7 Å². The van der Waals surface area contributed by atoms with E-state index in [-0.39, 0.29) is 11.7 Å². The number of nitrogens with one attached hydrogen (secondary N) is 2. The van der Waals surface area contributed by atoms with Gasteiger partial charge in [0.15, 0.2) is 0 Å². The van der Waals surface area contributed by atoms with Crippen LogP contribution >= 0.6 is 0 Å². The van der Waals surface area contributed by atoms with Crippen molar-refractivity contribution >= 4 is 32.7 Å². The molecular formula is C30H40F2N6O2S. The lowest BCUT2D eigenvalue weighted by Crippen LogP contribution is -2.39. The molecule has 0 radical (unpaired) electrons. The Morgan fingerprint density at radius 2 is 1.68 bits per heavy atom. The summed E-state index contributed by atoms with van der Waals surface area (Å²) in [4.78, 5) is 16.4. The summed E-state index contributed by atoms with van der Waals surface area (Å²) >= 11 is 0. The number of hydrogen-bond donors (Lipinski definition) is 2. The van der Waals surface area contributed by atoms with Crippen molar-refractivity contribution < 1.29 is 17.2 Å². The van der Waals surface area contributed by atoms with Crippen LogP contribution in [0.2, 0.25) is 0 Å². The maximum absolute atomic E-state index is 13.1. The molecule has 11 heteroatoms. The minimum Gasteiger partial charge on any atom is -0.351 e. The molecule has 1 aromatic carbocycles. The molecule has 0 atom stereocenters. The standard InChI is InChI=1S/C30H40F2N6O2S/c1-19(2)26-16-21(20-5-12-27(33-17-20)37-41(39,40)14-13-30(3,31)32)15-22-18-34-29(36-28(22)26)35-23-6-8-24(9-7-23)38(4)25-10-11-25/h5,12,15-19,23-25H,6-11,13-14H2,1-4H3,(H,33,37)(H,34,35,36). The van der Waals surface area contributed by atoms with Gasteiger partial charge in [-0.05, 0) is 93.8 Å². The molecule has 3 aromatic rings. The Morgan fingerprint density at radius 3 is 2.27 bits per heavy atom. The predicted octanol–water partition coefficient (Wildman–Crippen LogP) is 6.42. The molecule has 2 N–H and O–H groups in total. The van der Waals surface area contributed by atoms with Crippen LogP contribution in [0.5, 0.6) is 0 Å². The quantitative estimate of drug-likeness (QED) is 0.267. The Kier molecular flexibility index (Phi) is 8.48. The lowest BCUT2D eigenvalue weighted by Gasteiger charge is -2.35. The number of rotatable bonds is 11. The van der Waals surface area contributed by atoms with Gasteiger partial charge in [-0.1, -0.05) is 13.8 Å². The van der Waals surface area contributed by atoms with Crippen molar-refractivity contribution in [1.82, 2.24) is 19.9 Å². The number of pyridine rings is 1. The van der Waals surface area contributed by atoms with Gasteiger partial charge in [0.05, 0.1) is 11.3 Å². The number of fused-ring (bicyclic) bond motifs is 1. The van der Waals surface area contributed by atoms with Crippen LogP contribution in [0.4, 0.5) is 20.5 Å². The summed E-state index contributed by atoms with van der Waals surface area (Å²) in [5.74, 6) is -2.78. The molecule has 0 unspecified atom stereocenters. The molecule has 41 heavy (non-hydrogen) atoms. The summed E-state index contributed by atoms with van der Waals surface area (Å²) in [7, 11) is -1.66. The molecule has 2 fully saturated rings. The van der Waals surface area contributed by atoms with Crippen molar-refractivity contribution in [3.05, 3.63) is 42.2 Å². The molecule has 2 saturated carbocycles. The van der Waals surface area contributed by atoms with Crippen molar-refractivity contribution in [3.63, 3.8) is 0 Å². The Hall–Kier alpha value is -2.92. The fourth-order valence-corrected chi connectivity index (χ4v) is 6.76. The van der Waals surface area contributed by atoms with E-state index in [1.807, 2.05) is 12.3 Å². The van der Waals surface area contributed by atoms with Gasteiger partial charge in [0.1, 0.15) is 5.82 Å². The van der Waals surface area contributed by atoms with Crippen LogP contribution in [-0.2, 0) is 10.0 Å². The van der Waals surface area contributed by atoms with E-state index < -0.39 is 28.1 Å². The van der Waals surface area contributed by atoms with Gasteiger partial charge < -0.3 is 10.2 Å². The van der Waals surface area contributed by atoms with Gasteiger partial charge in [0, 0.05) is 47.9 Å². The number of aromatic nitrogens is 3. The van der Waals surface area contributed by atoms with E-state index in [0.717, 1.165) is 46.5 Å². The number of benzene rings is 1. The molecule has 2 aliphatic rings. The van der Waals surface area contributed by atoms with E-state index in [1.54, 1.807) is 12.3 Å². The SMILES string of the molecule is CC(C)c1cc(-c2ccc(NS(=O)(=O)CCC(C)(F)F)nc2)cc2cnc(NC3CCC(N(C)C4CC4)CC3)nc12. The second-order valence-corrected chi connectivity index (χ2v) is 13.9. The van der Waals surface area contributed by atoms with Crippen molar-refractivity contribution in [2.24, 2.45) is 0 Å². The first-order valence-electron chi connectivity index (χ1n) is 14.5. The summed E-state index contributed by atoms with van der Waals surface area (Å²) in [6.07, 6.45) is 9.98. The van der Waals surface area contributed by atoms with Crippen LogP contribution in [0.3, 0.4) is 0 Å². The molecule has 0 bridgehead atoms. The first kappa shape index (κ1) is 29.6. The summed E-state index contributed by atoms with van der Waals surface area (Å²) in [6.45, 7) is 4.95. The third-order valence-corrected chi connectivity index (χ3v) is 9.49. The smallest absolute Gasteiger partial charge is 0.246 e. The monoisotopic (exact) mass is 586 g/mol. The minimum atomic E-state index is -3.93. The molecule has 2 aliphatic carbocycles. The van der Waals surface area contributed by atoms with Crippen molar-refractivity contribution in [1.29, 1.82) is 0 Å². The fraction of sp³-hybridized carbons (Fsp3) is 0.567. The average molecular weight is 587 g/mol. The van der Waals surface area contributed by atoms with Gasteiger partial charge in [0.2, 0.25) is 21.9 Å². The lowest BCUT2D eigenvalue weighted by atomic mass is 9.90. The zero-order chi connectivity index (χ0) is 29.4. The summed E-state index contributed by atoms with van der Waals surface area (Å²) in [6, 6.07) is 9.25. The summed E-state index contributed by atoms with van der Waals surface area (Å²) < 4.78 is 52.8. The van der Waals surface area contributed by atoms with Gasteiger partial charge in [-0.3, -0.25) is 4.72 Å². The normalized spacial score (nSPS) is 20.1. The zero-order valence-corrected chi connectivity index (χ0v) is 25.0. The Morgan fingerprint density at radius 1 is 1.00 bits per heavy atom. The fourth-order valence-electron chi connectivity index (χ4n) is 5.59. The highest BCUT2D eigenvalue weighted by atomic mass is 32.2. The average Bonchev–Trinajstić information content (AvgIpc) is 3.77. The first-order chi connectivity index (χ1) is 19.4. The molecule has 0 saturated heterocycles. The number of hydrogen-bond acceptors (Lipinski definition) is 7. The van der Waals surface area contributed by atoms with E-state index >= 15 is 0 Å². The molecule has 0 amide bonds.